The van der Waals surface area contributed by atoms with Gasteiger partial charge in [0.25, 0.3) is 0 Å². The molecular weight excluding hydrogens is 284 g/mol. The molecule has 0 aromatic heterocycles. The Kier molecular flexibility index (Phi) is 7.59. The Balaban J connectivity index is 2.58. The number of amides is 1. The Bertz CT molecular complexity index is 344. The first-order valence-electron chi connectivity index (χ1n) is 8.24. The van der Waals surface area contributed by atoms with E-state index in [1.807, 2.05) is 27.7 Å². The Morgan fingerprint density at radius 1 is 1.41 bits per heavy atom. The quantitative estimate of drug-likeness (QED) is 0.689. The fraction of sp³-hybridized carbons (Fsp3) is 0.938. The molecule has 130 valence electrons. The maximum atomic E-state index is 11.9. The second kappa shape index (κ2) is 8.70. The normalized spacial score (nSPS) is 24.8. The lowest BCUT2D eigenvalue weighted by Gasteiger charge is -2.38. The van der Waals surface area contributed by atoms with Gasteiger partial charge < -0.3 is 20.3 Å². The standard InChI is InChI=1S/C16H32N2O4/c1-5-14(20)9-12-8-13(11-18(10-12)6-7-19)17-15(21)22-16(2,3)4/h12-14,19-20H,5-11H2,1-4H3,(H,17,21). The van der Waals surface area contributed by atoms with Crippen molar-refractivity contribution in [1.82, 2.24) is 10.2 Å². The van der Waals surface area contributed by atoms with Crippen molar-refractivity contribution in [2.75, 3.05) is 26.2 Å². The molecule has 0 aromatic carbocycles. The zero-order valence-corrected chi connectivity index (χ0v) is 14.3. The molecule has 0 aliphatic carbocycles. The molecule has 6 nitrogen and oxygen atoms in total. The Morgan fingerprint density at radius 3 is 2.64 bits per heavy atom. The number of ether oxygens (including phenoxy) is 1. The molecule has 0 bridgehead atoms. The summed E-state index contributed by atoms with van der Waals surface area (Å²) in [6.07, 6.45) is 1.59. The van der Waals surface area contributed by atoms with E-state index in [-0.39, 0.29) is 18.8 Å². The number of hydrogen-bond donors (Lipinski definition) is 3. The van der Waals surface area contributed by atoms with Crippen LogP contribution in [0.3, 0.4) is 0 Å². The SMILES string of the molecule is CCC(O)CC1CC(NC(=O)OC(C)(C)C)CN(CCO)C1. The van der Waals surface area contributed by atoms with Gasteiger partial charge in [0.15, 0.2) is 0 Å². The summed E-state index contributed by atoms with van der Waals surface area (Å²) in [5, 5.41) is 21.9. The van der Waals surface area contributed by atoms with Gasteiger partial charge in [0.2, 0.25) is 0 Å². The first-order chi connectivity index (χ1) is 10.2. The highest BCUT2D eigenvalue weighted by Gasteiger charge is 2.30. The molecule has 0 saturated carbocycles. The number of nitrogens with one attached hydrogen (secondary N) is 1. The summed E-state index contributed by atoms with van der Waals surface area (Å²) >= 11 is 0. The van der Waals surface area contributed by atoms with E-state index in [1.165, 1.54) is 0 Å². The van der Waals surface area contributed by atoms with Gasteiger partial charge in [-0.1, -0.05) is 6.92 Å². The fourth-order valence-corrected chi connectivity index (χ4v) is 2.93. The molecule has 6 heteroatoms. The number of aliphatic hydroxyl groups excluding tert-OH is 2. The van der Waals surface area contributed by atoms with Crippen molar-refractivity contribution in [2.24, 2.45) is 5.92 Å². The highest BCUT2D eigenvalue weighted by molar-refractivity contribution is 5.68. The van der Waals surface area contributed by atoms with E-state index in [4.69, 9.17) is 9.84 Å². The highest BCUT2D eigenvalue weighted by Crippen LogP contribution is 2.22. The predicted molar refractivity (Wildman–Crippen MR) is 85.7 cm³/mol. The molecule has 1 aliphatic heterocycles. The smallest absolute Gasteiger partial charge is 0.407 e. The Labute approximate surface area is 133 Å². The second-order valence-electron chi connectivity index (χ2n) is 7.23. The number of likely N-dealkylation sites (tertiary alicyclic amines) is 1. The van der Waals surface area contributed by atoms with Gasteiger partial charge in [-0.3, -0.25) is 4.90 Å². The largest absolute Gasteiger partial charge is 0.444 e. The van der Waals surface area contributed by atoms with Crippen LogP contribution in [0.25, 0.3) is 0 Å². The molecular formula is C16H32N2O4. The van der Waals surface area contributed by atoms with E-state index >= 15 is 0 Å². The minimum Gasteiger partial charge on any atom is -0.444 e. The van der Waals surface area contributed by atoms with E-state index in [2.05, 4.69) is 10.2 Å². The van der Waals surface area contributed by atoms with Crippen LogP contribution in [0.15, 0.2) is 0 Å². The fourth-order valence-electron chi connectivity index (χ4n) is 2.93. The lowest BCUT2D eigenvalue weighted by molar-refractivity contribution is 0.0401. The number of rotatable bonds is 6. The van der Waals surface area contributed by atoms with E-state index in [1.54, 1.807) is 0 Å². The Morgan fingerprint density at radius 2 is 2.09 bits per heavy atom. The second-order valence-corrected chi connectivity index (χ2v) is 7.23. The average molecular weight is 316 g/mol. The lowest BCUT2D eigenvalue weighted by atomic mass is 9.89. The number of aliphatic hydroxyl groups is 2. The summed E-state index contributed by atoms with van der Waals surface area (Å²) in [6, 6.07) is -0.00999. The first-order valence-corrected chi connectivity index (χ1v) is 8.24. The molecule has 1 amide bonds. The lowest BCUT2D eigenvalue weighted by Crippen LogP contribution is -2.52. The summed E-state index contributed by atoms with van der Waals surface area (Å²) in [5.41, 5.74) is -0.513. The maximum absolute atomic E-state index is 11.9. The van der Waals surface area contributed by atoms with Crippen molar-refractivity contribution in [3.05, 3.63) is 0 Å². The van der Waals surface area contributed by atoms with Crippen LogP contribution >= 0.6 is 0 Å². The molecule has 0 spiro atoms. The number of piperidine rings is 1. The molecule has 1 saturated heterocycles. The maximum Gasteiger partial charge on any atom is 0.407 e. The number of carbonyl (C=O) groups is 1. The van der Waals surface area contributed by atoms with Gasteiger partial charge in [-0.15, -0.1) is 0 Å². The summed E-state index contributed by atoms with van der Waals surface area (Å²) in [5.74, 6) is 0.315. The van der Waals surface area contributed by atoms with Crippen molar-refractivity contribution >= 4 is 6.09 Å². The van der Waals surface area contributed by atoms with E-state index in [0.29, 0.717) is 19.0 Å². The zero-order chi connectivity index (χ0) is 16.8. The minimum atomic E-state index is -0.513. The first kappa shape index (κ1) is 19.2. The van der Waals surface area contributed by atoms with Gasteiger partial charge in [0.1, 0.15) is 5.60 Å². The van der Waals surface area contributed by atoms with Crippen LogP contribution in [0.1, 0.15) is 47.0 Å². The summed E-state index contributed by atoms with van der Waals surface area (Å²) in [6.45, 7) is 9.73. The van der Waals surface area contributed by atoms with Crippen LogP contribution in [-0.4, -0.2) is 65.2 Å². The van der Waals surface area contributed by atoms with Gasteiger partial charge in [-0.2, -0.15) is 0 Å². The van der Waals surface area contributed by atoms with Crippen molar-refractivity contribution in [3.63, 3.8) is 0 Å². The summed E-state index contributed by atoms with van der Waals surface area (Å²) in [4.78, 5) is 14.1. The van der Waals surface area contributed by atoms with Crippen LogP contribution in [0.5, 0.6) is 0 Å². The van der Waals surface area contributed by atoms with Crippen molar-refractivity contribution in [1.29, 1.82) is 0 Å². The number of β-amino-alcohol motifs (C(OH)–C–C–N with tert-alkyl or cyclic N) is 1. The van der Waals surface area contributed by atoms with Gasteiger partial charge in [0.05, 0.1) is 12.7 Å². The molecule has 0 radical (unpaired) electrons. The summed E-state index contributed by atoms with van der Waals surface area (Å²) in [7, 11) is 0. The molecule has 0 aromatic rings. The molecule has 1 fully saturated rings. The number of nitrogens with zero attached hydrogens (tertiary/aromatic N) is 1. The van der Waals surface area contributed by atoms with E-state index < -0.39 is 11.7 Å². The molecule has 1 aliphatic rings. The molecule has 3 unspecified atom stereocenters. The van der Waals surface area contributed by atoms with Crippen LogP contribution in [0.2, 0.25) is 0 Å². The Hall–Kier alpha value is -0.850. The molecule has 3 N–H and O–H groups in total. The highest BCUT2D eigenvalue weighted by atomic mass is 16.6. The number of alkyl carbamates (subject to hydrolysis) is 1. The van der Waals surface area contributed by atoms with Crippen LogP contribution < -0.4 is 5.32 Å². The van der Waals surface area contributed by atoms with E-state index in [0.717, 1.165) is 25.8 Å². The molecule has 22 heavy (non-hydrogen) atoms. The molecule has 1 rings (SSSR count). The van der Waals surface area contributed by atoms with Gasteiger partial charge in [0, 0.05) is 25.7 Å². The van der Waals surface area contributed by atoms with Crippen LogP contribution in [0.4, 0.5) is 4.79 Å². The minimum absolute atomic E-state index is 0.00999. The van der Waals surface area contributed by atoms with E-state index in [9.17, 15) is 9.90 Å². The average Bonchev–Trinajstić information content (AvgIpc) is 2.36. The monoisotopic (exact) mass is 316 g/mol. The van der Waals surface area contributed by atoms with Gasteiger partial charge in [-0.05, 0) is 46.0 Å². The molecule has 1 heterocycles. The number of hydrogen-bond acceptors (Lipinski definition) is 5. The number of carbonyl (C=O) groups excluding carboxylic acids is 1. The van der Waals surface area contributed by atoms with Gasteiger partial charge in [-0.25, -0.2) is 4.79 Å². The van der Waals surface area contributed by atoms with Crippen molar-refractivity contribution < 1.29 is 19.7 Å². The van der Waals surface area contributed by atoms with Crippen molar-refractivity contribution in [3.8, 4) is 0 Å². The van der Waals surface area contributed by atoms with Gasteiger partial charge >= 0.3 is 6.09 Å². The molecule has 3 atom stereocenters. The zero-order valence-electron chi connectivity index (χ0n) is 14.3. The third-order valence-corrected chi connectivity index (χ3v) is 3.83. The van der Waals surface area contributed by atoms with Crippen LogP contribution in [-0.2, 0) is 4.74 Å². The van der Waals surface area contributed by atoms with Crippen molar-refractivity contribution in [2.45, 2.75) is 64.7 Å². The topological polar surface area (TPSA) is 82.0 Å². The van der Waals surface area contributed by atoms with Crippen LogP contribution in [0, 0.1) is 5.92 Å². The predicted octanol–water partition coefficient (Wildman–Crippen LogP) is 1.35. The third kappa shape index (κ3) is 7.42. The summed E-state index contributed by atoms with van der Waals surface area (Å²) < 4.78 is 5.31. The third-order valence-electron chi connectivity index (χ3n) is 3.83.